The van der Waals surface area contributed by atoms with Gasteiger partial charge in [0, 0.05) is 0 Å². The van der Waals surface area contributed by atoms with Gasteiger partial charge in [0.25, 0.3) is 0 Å². The Balaban J connectivity index is 2.00. The molecule has 0 atom stereocenters. The zero-order valence-corrected chi connectivity index (χ0v) is 13.2. The van der Waals surface area contributed by atoms with Gasteiger partial charge in [-0.2, -0.15) is 0 Å². The predicted octanol–water partition coefficient (Wildman–Crippen LogP) is 3.35. The number of aromatic carboxylic acids is 1. The van der Waals surface area contributed by atoms with E-state index >= 15 is 0 Å². The van der Waals surface area contributed by atoms with Crippen LogP contribution in [0.25, 0.3) is 11.1 Å². The Labute approximate surface area is 135 Å². The molecule has 6 heteroatoms. The van der Waals surface area contributed by atoms with Crippen LogP contribution in [0.15, 0.2) is 48.5 Å². The maximum Gasteiger partial charge on any atom is 0.337 e. The monoisotopic (exact) mass is 331 g/mol. The van der Waals surface area contributed by atoms with Crippen molar-refractivity contribution in [3.05, 3.63) is 54.1 Å². The molecule has 0 unspecified atom stereocenters. The number of anilines is 1. The standard InChI is InChI=1S/C17H17NO4S/c19-17(20)15-10-9-13(12-5-2-1-3-6-12)11-16(15)18-23(21,22)14-7-4-8-14/h1-3,5-6,9-11,14,18H,4,7-8H2,(H,19,20). The van der Waals surface area contributed by atoms with Crippen molar-refractivity contribution >= 4 is 21.7 Å². The van der Waals surface area contributed by atoms with E-state index in [2.05, 4.69) is 4.72 Å². The van der Waals surface area contributed by atoms with Crippen LogP contribution in [0.4, 0.5) is 5.69 Å². The summed E-state index contributed by atoms with van der Waals surface area (Å²) in [7, 11) is -3.54. The second-order valence-corrected chi connectivity index (χ2v) is 7.59. The Bertz CT molecular complexity index is 827. The van der Waals surface area contributed by atoms with Crippen molar-refractivity contribution < 1.29 is 18.3 Å². The maximum absolute atomic E-state index is 12.3. The van der Waals surface area contributed by atoms with E-state index in [1.54, 1.807) is 12.1 Å². The molecule has 120 valence electrons. The average molecular weight is 331 g/mol. The van der Waals surface area contributed by atoms with Crippen molar-refractivity contribution in [1.82, 2.24) is 0 Å². The van der Waals surface area contributed by atoms with Crippen LogP contribution >= 0.6 is 0 Å². The van der Waals surface area contributed by atoms with E-state index < -0.39 is 21.2 Å². The Hall–Kier alpha value is -2.34. The third kappa shape index (κ3) is 3.22. The van der Waals surface area contributed by atoms with Crippen molar-refractivity contribution in [2.45, 2.75) is 24.5 Å². The van der Waals surface area contributed by atoms with E-state index in [9.17, 15) is 18.3 Å². The number of carboxylic acid groups (broad SMARTS) is 1. The van der Waals surface area contributed by atoms with Crippen LogP contribution < -0.4 is 4.72 Å². The molecule has 0 radical (unpaired) electrons. The normalized spacial score (nSPS) is 15.0. The van der Waals surface area contributed by atoms with Gasteiger partial charge < -0.3 is 5.11 Å². The van der Waals surface area contributed by atoms with Crippen LogP contribution in [0, 0.1) is 0 Å². The van der Waals surface area contributed by atoms with E-state index in [1.165, 1.54) is 6.07 Å². The van der Waals surface area contributed by atoms with Gasteiger partial charge >= 0.3 is 5.97 Å². The van der Waals surface area contributed by atoms with Crippen molar-refractivity contribution in [2.24, 2.45) is 0 Å². The number of sulfonamides is 1. The summed E-state index contributed by atoms with van der Waals surface area (Å²) in [5.74, 6) is -1.16. The molecular weight excluding hydrogens is 314 g/mol. The van der Waals surface area contributed by atoms with Gasteiger partial charge in [-0.05, 0) is 36.1 Å². The molecule has 1 fully saturated rings. The third-order valence-electron chi connectivity index (χ3n) is 4.10. The topological polar surface area (TPSA) is 83.5 Å². The van der Waals surface area contributed by atoms with Gasteiger partial charge in [-0.1, -0.05) is 42.8 Å². The molecule has 0 bridgehead atoms. The third-order valence-corrected chi connectivity index (χ3v) is 5.95. The summed E-state index contributed by atoms with van der Waals surface area (Å²) in [5.41, 5.74) is 1.73. The highest BCUT2D eigenvalue weighted by molar-refractivity contribution is 7.93. The molecule has 1 saturated carbocycles. The molecule has 23 heavy (non-hydrogen) atoms. The number of nitrogens with one attached hydrogen (secondary N) is 1. The van der Waals surface area contributed by atoms with Crippen molar-refractivity contribution in [3.8, 4) is 11.1 Å². The molecule has 0 saturated heterocycles. The van der Waals surface area contributed by atoms with E-state index in [-0.39, 0.29) is 11.3 Å². The fraction of sp³-hybridized carbons (Fsp3) is 0.235. The fourth-order valence-electron chi connectivity index (χ4n) is 2.54. The molecule has 2 aromatic carbocycles. The molecular formula is C17H17NO4S. The van der Waals surface area contributed by atoms with Crippen LogP contribution in [0.2, 0.25) is 0 Å². The first-order chi connectivity index (χ1) is 11.0. The Morgan fingerprint density at radius 3 is 2.30 bits per heavy atom. The van der Waals surface area contributed by atoms with Crippen LogP contribution in [0.5, 0.6) is 0 Å². The predicted molar refractivity (Wildman–Crippen MR) is 89.0 cm³/mol. The highest BCUT2D eigenvalue weighted by atomic mass is 32.2. The summed E-state index contributed by atoms with van der Waals surface area (Å²) in [6, 6.07) is 14.1. The zero-order chi connectivity index (χ0) is 16.4. The summed E-state index contributed by atoms with van der Waals surface area (Å²) < 4.78 is 27.1. The van der Waals surface area contributed by atoms with Gasteiger partial charge in [-0.25, -0.2) is 13.2 Å². The van der Waals surface area contributed by atoms with Crippen LogP contribution in [-0.4, -0.2) is 24.7 Å². The number of hydrogen-bond acceptors (Lipinski definition) is 3. The molecule has 0 aromatic heterocycles. The molecule has 1 aliphatic rings. The zero-order valence-electron chi connectivity index (χ0n) is 12.4. The number of rotatable bonds is 5. The van der Waals surface area contributed by atoms with Crippen LogP contribution in [-0.2, 0) is 10.0 Å². The number of carboxylic acids is 1. The minimum absolute atomic E-state index is 0.0485. The van der Waals surface area contributed by atoms with E-state index in [4.69, 9.17) is 0 Å². The van der Waals surface area contributed by atoms with Crippen molar-refractivity contribution in [2.75, 3.05) is 4.72 Å². The minimum Gasteiger partial charge on any atom is -0.478 e. The highest BCUT2D eigenvalue weighted by Crippen LogP contribution is 2.31. The SMILES string of the molecule is O=C(O)c1ccc(-c2ccccc2)cc1NS(=O)(=O)C1CCC1. The Kier molecular flexibility index (Phi) is 4.09. The molecule has 0 spiro atoms. The number of hydrogen-bond donors (Lipinski definition) is 2. The lowest BCUT2D eigenvalue weighted by Crippen LogP contribution is -2.33. The summed E-state index contributed by atoms with van der Waals surface area (Å²) in [6.45, 7) is 0. The quantitative estimate of drug-likeness (QED) is 0.880. The number of benzene rings is 2. The molecule has 5 nitrogen and oxygen atoms in total. The number of carbonyl (C=O) groups is 1. The van der Waals surface area contributed by atoms with Gasteiger partial charge in [-0.3, -0.25) is 4.72 Å². The molecule has 3 rings (SSSR count). The van der Waals surface area contributed by atoms with Gasteiger partial charge in [0.2, 0.25) is 10.0 Å². The average Bonchev–Trinajstić information content (AvgIpc) is 2.45. The molecule has 0 heterocycles. The largest absolute Gasteiger partial charge is 0.478 e. The van der Waals surface area contributed by atoms with Crippen LogP contribution in [0.1, 0.15) is 29.6 Å². The fourth-order valence-corrected chi connectivity index (χ4v) is 4.14. The molecule has 2 N–H and O–H groups in total. The summed E-state index contributed by atoms with van der Waals surface area (Å²) in [4.78, 5) is 11.4. The summed E-state index contributed by atoms with van der Waals surface area (Å²) in [5, 5.41) is 8.87. The maximum atomic E-state index is 12.3. The smallest absolute Gasteiger partial charge is 0.337 e. The van der Waals surface area contributed by atoms with Crippen molar-refractivity contribution in [1.29, 1.82) is 0 Å². The van der Waals surface area contributed by atoms with Gasteiger partial charge in [0.05, 0.1) is 16.5 Å². The lowest BCUT2D eigenvalue weighted by Gasteiger charge is -2.26. The van der Waals surface area contributed by atoms with Gasteiger partial charge in [-0.15, -0.1) is 0 Å². The van der Waals surface area contributed by atoms with E-state index in [0.717, 1.165) is 17.5 Å². The highest BCUT2D eigenvalue weighted by Gasteiger charge is 2.32. The second-order valence-electron chi connectivity index (χ2n) is 5.63. The Morgan fingerprint density at radius 1 is 1.04 bits per heavy atom. The van der Waals surface area contributed by atoms with Crippen molar-refractivity contribution in [3.63, 3.8) is 0 Å². The second kappa shape index (κ2) is 6.04. The summed E-state index contributed by atoms with van der Waals surface area (Å²) in [6.07, 6.45) is 2.13. The molecule has 0 amide bonds. The molecule has 1 aliphatic carbocycles. The van der Waals surface area contributed by atoms with E-state index in [1.807, 2.05) is 30.3 Å². The first-order valence-electron chi connectivity index (χ1n) is 7.42. The lowest BCUT2D eigenvalue weighted by atomic mass is 10.0. The summed E-state index contributed by atoms with van der Waals surface area (Å²) >= 11 is 0. The first-order valence-corrected chi connectivity index (χ1v) is 8.96. The Morgan fingerprint density at radius 2 is 1.74 bits per heavy atom. The first kappa shape index (κ1) is 15.6. The van der Waals surface area contributed by atoms with Crippen LogP contribution in [0.3, 0.4) is 0 Å². The van der Waals surface area contributed by atoms with E-state index in [0.29, 0.717) is 12.8 Å². The molecule has 0 aliphatic heterocycles. The molecule has 2 aromatic rings. The van der Waals surface area contributed by atoms with Gasteiger partial charge in [0.15, 0.2) is 0 Å². The minimum atomic E-state index is -3.54. The lowest BCUT2D eigenvalue weighted by molar-refractivity contribution is 0.0698. The van der Waals surface area contributed by atoms with Gasteiger partial charge in [0.1, 0.15) is 0 Å².